The van der Waals surface area contributed by atoms with Crippen molar-refractivity contribution in [3.8, 4) is 0 Å². The maximum Gasteiger partial charge on any atom is 0.240 e. The van der Waals surface area contributed by atoms with Crippen LogP contribution < -0.4 is 5.73 Å². The Bertz CT molecular complexity index is 372. The summed E-state index contributed by atoms with van der Waals surface area (Å²) in [5.74, 6) is 0.130. The molecule has 0 aromatic carbocycles. The molecule has 2 amide bonds. The molecule has 0 spiro atoms. The Morgan fingerprint density at radius 2 is 1.30 bits per heavy atom. The largest absolute Gasteiger partial charge is 0.339 e. The Labute approximate surface area is 122 Å². The van der Waals surface area contributed by atoms with Crippen LogP contribution in [0.5, 0.6) is 0 Å². The topological polar surface area (TPSA) is 66.6 Å². The highest BCUT2D eigenvalue weighted by Crippen LogP contribution is 2.21. The zero-order valence-corrected chi connectivity index (χ0v) is 13.7. The van der Waals surface area contributed by atoms with E-state index in [1.807, 2.05) is 46.4 Å². The maximum absolute atomic E-state index is 12.3. The number of amides is 2. The van der Waals surface area contributed by atoms with Gasteiger partial charge >= 0.3 is 0 Å². The van der Waals surface area contributed by atoms with Crippen LogP contribution in [0.15, 0.2) is 0 Å². The second kappa shape index (κ2) is 5.72. The van der Waals surface area contributed by atoms with E-state index in [-0.39, 0.29) is 22.6 Å². The van der Waals surface area contributed by atoms with E-state index in [1.165, 1.54) is 0 Å². The number of piperazine rings is 1. The van der Waals surface area contributed by atoms with Gasteiger partial charge in [-0.05, 0) is 5.41 Å². The number of nitrogens with zero attached hydrogens (tertiary/aromatic N) is 2. The first kappa shape index (κ1) is 17.0. The number of carbonyl (C=O) groups is 2. The fourth-order valence-corrected chi connectivity index (χ4v) is 2.17. The predicted octanol–water partition coefficient (Wildman–Crippen LogP) is 1.08. The second-order valence-electron chi connectivity index (χ2n) is 7.71. The smallest absolute Gasteiger partial charge is 0.240 e. The zero-order chi connectivity index (χ0) is 15.7. The Hall–Kier alpha value is -1.10. The van der Waals surface area contributed by atoms with Crippen molar-refractivity contribution in [3.63, 3.8) is 0 Å². The standard InChI is InChI=1S/C15H29N3O2/c1-14(2,3)11(16)12(19)17-7-9-18(10-8-17)13(20)15(4,5)6/h11H,7-10,16H2,1-6H3/t11-/m1/s1. The lowest BCUT2D eigenvalue weighted by Crippen LogP contribution is -2.57. The van der Waals surface area contributed by atoms with Gasteiger partial charge in [-0.2, -0.15) is 0 Å². The summed E-state index contributed by atoms with van der Waals surface area (Å²) < 4.78 is 0. The zero-order valence-electron chi connectivity index (χ0n) is 13.7. The summed E-state index contributed by atoms with van der Waals surface area (Å²) in [6.07, 6.45) is 0. The third kappa shape index (κ3) is 3.95. The molecule has 0 saturated carbocycles. The van der Waals surface area contributed by atoms with Crippen LogP contribution in [0.25, 0.3) is 0 Å². The summed E-state index contributed by atoms with van der Waals surface area (Å²) in [7, 11) is 0. The normalized spacial score (nSPS) is 18.9. The van der Waals surface area contributed by atoms with E-state index < -0.39 is 6.04 Å². The van der Waals surface area contributed by atoms with Gasteiger partial charge in [-0.15, -0.1) is 0 Å². The van der Waals surface area contributed by atoms with Crippen LogP contribution >= 0.6 is 0 Å². The van der Waals surface area contributed by atoms with E-state index in [0.29, 0.717) is 26.2 Å². The summed E-state index contributed by atoms with van der Waals surface area (Å²) in [4.78, 5) is 28.1. The van der Waals surface area contributed by atoms with Crippen LogP contribution in [0.4, 0.5) is 0 Å². The summed E-state index contributed by atoms with van der Waals surface area (Å²) in [5, 5.41) is 0. The molecule has 0 aromatic heterocycles. The Balaban J connectivity index is 2.59. The third-order valence-corrected chi connectivity index (χ3v) is 3.72. The van der Waals surface area contributed by atoms with Crippen LogP contribution in [0, 0.1) is 10.8 Å². The van der Waals surface area contributed by atoms with E-state index in [2.05, 4.69) is 0 Å². The molecule has 0 aliphatic carbocycles. The van der Waals surface area contributed by atoms with E-state index >= 15 is 0 Å². The fourth-order valence-electron chi connectivity index (χ4n) is 2.17. The molecule has 0 aromatic rings. The van der Waals surface area contributed by atoms with Gasteiger partial charge in [0.1, 0.15) is 0 Å². The summed E-state index contributed by atoms with van der Waals surface area (Å²) in [5.41, 5.74) is 5.41. The van der Waals surface area contributed by atoms with Crippen molar-refractivity contribution in [2.75, 3.05) is 26.2 Å². The fraction of sp³-hybridized carbons (Fsp3) is 0.867. The van der Waals surface area contributed by atoms with E-state index in [4.69, 9.17) is 5.73 Å². The second-order valence-corrected chi connectivity index (χ2v) is 7.71. The lowest BCUT2D eigenvalue weighted by Gasteiger charge is -2.40. The molecular weight excluding hydrogens is 254 g/mol. The minimum Gasteiger partial charge on any atom is -0.339 e. The van der Waals surface area contributed by atoms with Gasteiger partial charge in [0.25, 0.3) is 0 Å². The SMILES string of the molecule is CC(C)(C)C(=O)N1CCN(C(=O)[C@@H](N)C(C)(C)C)CC1. The Morgan fingerprint density at radius 1 is 0.900 bits per heavy atom. The average Bonchev–Trinajstić information content (AvgIpc) is 2.34. The van der Waals surface area contributed by atoms with E-state index in [9.17, 15) is 9.59 Å². The van der Waals surface area contributed by atoms with Crippen LogP contribution in [0.2, 0.25) is 0 Å². The summed E-state index contributed by atoms with van der Waals surface area (Å²) in [6.45, 7) is 14.0. The molecule has 1 atom stereocenters. The number of hydrogen-bond acceptors (Lipinski definition) is 3. The van der Waals surface area contributed by atoms with Crippen LogP contribution in [-0.4, -0.2) is 53.8 Å². The van der Waals surface area contributed by atoms with Crippen molar-refractivity contribution in [2.24, 2.45) is 16.6 Å². The molecule has 1 rings (SSSR count). The van der Waals surface area contributed by atoms with E-state index in [1.54, 1.807) is 4.90 Å². The van der Waals surface area contributed by atoms with Crippen molar-refractivity contribution < 1.29 is 9.59 Å². The number of hydrogen-bond donors (Lipinski definition) is 1. The van der Waals surface area contributed by atoms with Gasteiger partial charge in [-0.1, -0.05) is 41.5 Å². The average molecular weight is 283 g/mol. The quantitative estimate of drug-likeness (QED) is 0.783. The first-order valence-electron chi connectivity index (χ1n) is 7.28. The van der Waals surface area contributed by atoms with Crippen molar-refractivity contribution in [1.29, 1.82) is 0 Å². The molecule has 5 nitrogen and oxygen atoms in total. The van der Waals surface area contributed by atoms with Gasteiger partial charge in [-0.25, -0.2) is 0 Å². The highest BCUT2D eigenvalue weighted by Gasteiger charge is 2.35. The van der Waals surface area contributed by atoms with Gasteiger partial charge in [0.15, 0.2) is 0 Å². The van der Waals surface area contributed by atoms with Crippen molar-refractivity contribution >= 4 is 11.8 Å². The minimum atomic E-state index is -0.493. The van der Waals surface area contributed by atoms with Gasteiger partial charge in [0.05, 0.1) is 6.04 Å². The Morgan fingerprint density at radius 3 is 1.65 bits per heavy atom. The molecule has 5 heteroatoms. The molecule has 1 saturated heterocycles. The molecule has 0 unspecified atom stereocenters. The highest BCUT2D eigenvalue weighted by atomic mass is 16.2. The highest BCUT2D eigenvalue weighted by molar-refractivity contribution is 5.84. The first-order chi connectivity index (χ1) is 8.94. The van der Waals surface area contributed by atoms with Crippen molar-refractivity contribution in [3.05, 3.63) is 0 Å². The van der Waals surface area contributed by atoms with Gasteiger partial charge in [0.2, 0.25) is 11.8 Å². The molecule has 116 valence electrons. The van der Waals surface area contributed by atoms with Crippen molar-refractivity contribution in [1.82, 2.24) is 9.80 Å². The number of carbonyl (C=O) groups excluding carboxylic acids is 2. The van der Waals surface area contributed by atoms with Crippen LogP contribution in [0.1, 0.15) is 41.5 Å². The van der Waals surface area contributed by atoms with Gasteiger partial charge in [0, 0.05) is 31.6 Å². The molecule has 0 bridgehead atoms. The maximum atomic E-state index is 12.3. The lowest BCUT2D eigenvalue weighted by molar-refractivity contribution is -0.146. The monoisotopic (exact) mass is 283 g/mol. The molecule has 2 N–H and O–H groups in total. The molecule has 20 heavy (non-hydrogen) atoms. The summed E-state index contributed by atoms with van der Waals surface area (Å²) in [6, 6.07) is -0.493. The first-order valence-corrected chi connectivity index (χ1v) is 7.28. The number of nitrogens with two attached hydrogens (primary N) is 1. The van der Waals surface area contributed by atoms with Gasteiger partial charge < -0.3 is 15.5 Å². The molecule has 1 fully saturated rings. The molecule has 1 heterocycles. The molecule has 1 aliphatic rings. The lowest BCUT2D eigenvalue weighted by atomic mass is 9.86. The summed E-state index contributed by atoms with van der Waals surface area (Å²) >= 11 is 0. The van der Waals surface area contributed by atoms with Crippen LogP contribution in [0.3, 0.4) is 0 Å². The van der Waals surface area contributed by atoms with Crippen molar-refractivity contribution in [2.45, 2.75) is 47.6 Å². The van der Waals surface area contributed by atoms with E-state index in [0.717, 1.165) is 0 Å². The minimum absolute atomic E-state index is 0.0136. The number of rotatable bonds is 1. The predicted molar refractivity (Wildman–Crippen MR) is 80.0 cm³/mol. The van der Waals surface area contributed by atoms with Gasteiger partial charge in [-0.3, -0.25) is 9.59 Å². The molecular formula is C15H29N3O2. The molecule has 1 aliphatic heterocycles. The molecule has 0 radical (unpaired) electrons. The third-order valence-electron chi connectivity index (χ3n) is 3.72. The van der Waals surface area contributed by atoms with Crippen LogP contribution in [-0.2, 0) is 9.59 Å². The Kier molecular flexibility index (Phi) is 4.85.